The second kappa shape index (κ2) is 3.22. The standard InChI is InChI=1S/C2H2IN/c3-1-2-4/h1H2/i1T. The monoisotopic (exact) mass is 169 g/mol. The van der Waals surface area contributed by atoms with Gasteiger partial charge in [-0.25, -0.2) is 0 Å². The molecule has 0 amide bonds. The van der Waals surface area contributed by atoms with Crippen molar-refractivity contribution in [2.24, 2.45) is 0 Å². The summed E-state index contributed by atoms with van der Waals surface area (Å²) in [6.07, 6.45) is 0. The van der Waals surface area contributed by atoms with E-state index in [-0.39, 0.29) is 0 Å². The number of hydrogen-bond donors (Lipinski definition) is 0. The summed E-state index contributed by atoms with van der Waals surface area (Å²) in [5, 5.41) is 7.70. The van der Waals surface area contributed by atoms with Gasteiger partial charge in [-0.05, 0) is 0 Å². The maximum Gasteiger partial charge on any atom is 0.0870 e. The summed E-state index contributed by atoms with van der Waals surface area (Å²) in [7, 11) is 0. The molecule has 0 fully saturated rings. The highest BCUT2D eigenvalue weighted by Gasteiger charge is 1.52. The molecule has 22 valence electrons. The van der Waals surface area contributed by atoms with E-state index in [4.69, 9.17) is 6.63 Å². The molecule has 0 aliphatic rings. The Balaban J connectivity index is 2.94. The Hall–Kier alpha value is 0.220. The van der Waals surface area contributed by atoms with Crippen LogP contribution in [0.2, 0.25) is 0 Å². The number of nitriles is 1. The quantitative estimate of drug-likeness (QED) is 0.391. The number of hydrogen-bond acceptors (Lipinski definition) is 1. The zero-order valence-corrected chi connectivity index (χ0v) is 4.06. The first kappa shape index (κ1) is 2.46. The van der Waals surface area contributed by atoms with Crippen LogP contribution in [0.5, 0.6) is 0 Å². The molecule has 0 N–H and O–H groups in total. The van der Waals surface area contributed by atoms with Crippen molar-refractivity contribution in [3.05, 3.63) is 0 Å². The van der Waals surface area contributed by atoms with Gasteiger partial charge in [0.2, 0.25) is 0 Å². The minimum atomic E-state index is -0.590. The Kier molecular flexibility index (Phi) is 1.98. The van der Waals surface area contributed by atoms with Gasteiger partial charge in [0, 0.05) is 0 Å². The lowest BCUT2D eigenvalue weighted by Gasteiger charge is -1.44. The molecule has 1 unspecified atom stereocenters. The lowest BCUT2D eigenvalue weighted by molar-refractivity contribution is 1.51. The molecule has 2 heteroatoms. The molecule has 0 aliphatic carbocycles. The largest absolute Gasteiger partial charge is 0.197 e. The molecule has 1 atom stereocenters. The number of alkyl halides is 1. The van der Waals surface area contributed by atoms with E-state index in [0.29, 0.717) is 0 Å². The van der Waals surface area contributed by atoms with Crippen molar-refractivity contribution in [2.75, 3.05) is 4.40 Å². The van der Waals surface area contributed by atoms with Crippen LogP contribution in [0.3, 0.4) is 0 Å². The van der Waals surface area contributed by atoms with E-state index in [0.717, 1.165) is 0 Å². The number of nitrogens with zero attached hydrogens (tertiary/aromatic N) is 1. The van der Waals surface area contributed by atoms with Crippen molar-refractivity contribution in [3.63, 3.8) is 0 Å². The van der Waals surface area contributed by atoms with Crippen LogP contribution in [0, 0.1) is 11.3 Å². The lowest BCUT2D eigenvalue weighted by atomic mass is 11.0. The van der Waals surface area contributed by atoms with E-state index in [2.05, 4.69) is 0 Å². The second-order valence-electron chi connectivity index (χ2n) is 0.238. The Morgan fingerprint density at radius 2 is 2.75 bits per heavy atom. The highest BCUT2D eigenvalue weighted by Crippen LogP contribution is 1.70. The van der Waals surface area contributed by atoms with Crippen LogP contribution >= 0.6 is 22.6 Å². The van der Waals surface area contributed by atoms with Gasteiger partial charge in [-0.2, -0.15) is 5.26 Å². The summed E-state index contributed by atoms with van der Waals surface area (Å²) < 4.78 is 5.86. The van der Waals surface area contributed by atoms with E-state index < -0.39 is 4.40 Å². The van der Waals surface area contributed by atoms with Gasteiger partial charge in [-0.15, -0.1) is 0 Å². The fourth-order valence-electron chi connectivity index (χ4n) is 0. The van der Waals surface area contributed by atoms with E-state index >= 15 is 0 Å². The smallest absolute Gasteiger partial charge is 0.0870 e. The Labute approximate surface area is 40.2 Å². The first-order chi connectivity index (χ1) is 2.27. The molecule has 0 bridgehead atoms. The van der Waals surface area contributed by atoms with E-state index in [1.165, 1.54) is 0 Å². The first-order valence-corrected chi connectivity index (χ1v) is 1.98. The molecule has 4 heavy (non-hydrogen) atoms. The summed E-state index contributed by atoms with van der Waals surface area (Å²) >= 11 is 1.71. The maximum absolute atomic E-state index is 7.70. The van der Waals surface area contributed by atoms with Crippen molar-refractivity contribution >= 4 is 22.6 Å². The maximum atomic E-state index is 7.70. The second-order valence-corrected chi connectivity index (χ2v) is 0.861. The van der Waals surface area contributed by atoms with Crippen LogP contribution in [-0.2, 0) is 0 Å². The van der Waals surface area contributed by atoms with Gasteiger partial charge in [-0.1, -0.05) is 22.6 Å². The number of halogens is 1. The SMILES string of the molecule is [3H]C(I)C#N. The summed E-state index contributed by atoms with van der Waals surface area (Å²) in [5.41, 5.74) is 0. The van der Waals surface area contributed by atoms with Crippen LogP contribution in [-0.4, -0.2) is 4.40 Å². The number of rotatable bonds is 0. The summed E-state index contributed by atoms with van der Waals surface area (Å²) in [6, 6.07) is 1.68. The molecule has 0 radical (unpaired) electrons. The zero-order chi connectivity index (χ0) is 4.28. The average Bonchev–Trinajstić information content (AvgIpc) is 1.38. The molecule has 0 aromatic rings. The van der Waals surface area contributed by atoms with Crippen LogP contribution in [0.4, 0.5) is 0 Å². The molecule has 0 heterocycles. The van der Waals surface area contributed by atoms with Crippen LogP contribution < -0.4 is 0 Å². The van der Waals surface area contributed by atoms with Crippen molar-refractivity contribution in [1.82, 2.24) is 0 Å². The third-order valence-electron chi connectivity index (χ3n) is 0.0488. The highest BCUT2D eigenvalue weighted by atomic mass is 127. The molecular weight excluding hydrogens is 165 g/mol. The molecule has 0 aromatic heterocycles. The predicted octanol–water partition coefficient (Wildman–Crippen LogP) is 0.945. The zero-order valence-electron chi connectivity index (χ0n) is 2.90. The molecule has 1 nitrogen and oxygen atoms in total. The fourth-order valence-corrected chi connectivity index (χ4v) is 0. The summed E-state index contributed by atoms with van der Waals surface area (Å²) in [5.74, 6) is 0. The third-order valence-corrected chi connectivity index (χ3v) is 0.327. The lowest BCUT2D eigenvalue weighted by Crippen LogP contribution is -1.45. The Morgan fingerprint density at radius 3 is 2.75 bits per heavy atom. The Morgan fingerprint density at radius 1 is 2.50 bits per heavy atom. The summed E-state index contributed by atoms with van der Waals surface area (Å²) in [4.78, 5) is 0. The molecule has 0 rings (SSSR count). The molecule has 0 aliphatic heterocycles. The normalized spacial score (nSPS) is 16.5. The van der Waals surface area contributed by atoms with Crippen molar-refractivity contribution in [3.8, 4) is 6.07 Å². The van der Waals surface area contributed by atoms with Crippen molar-refractivity contribution in [2.45, 2.75) is 0 Å². The Bertz CT molecular complexity index is 55.2. The fraction of sp³-hybridized carbons (Fsp3) is 0.500. The highest BCUT2D eigenvalue weighted by molar-refractivity contribution is 14.1. The van der Waals surface area contributed by atoms with Gasteiger partial charge in [0.1, 0.15) is 0 Å². The van der Waals surface area contributed by atoms with Gasteiger partial charge in [-0.3, -0.25) is 0 Å². The minimum absolute atomic E-state index is 0.590. The predicted molar refractivity (Wildman–Crippen MR) is 24.5 cm³/mol. The van der Waals surface area contributed by atoms with Crippen LogP contribution in [0.25, 0.3) is 0 Å². The van der Waals surface area contributed by atoms with Crippen molar-refractivity contribution < 1.29 is 1.37 Å². The van der Waals surface area contributed by atoms with Gasteiger partial charge < -0.3 is 0 Å². The average molecular weight is 169 g/mol. The molecule has 0 spiro atoms. The van der Waals surface area contributed by atoms with E-state index in [9.17, 15) is 0 Å². The van der Waals surface area contributed by atoms with Gasteiger partial charge in [0.05, 0.1) is 11.8 Å². The van der Waals surface area contributed by atoms with E-state index in [1.807, 2.05) is 0 Å². The topological polar surface area (TPSA) is 23.8 Å². The van der Waals surface area contributed by atoms with Crippen LogP contribution in [0.1, 0.15) is 1.37 Å². The first-order valence-electron chi connectivity index (χ1n) is 1.31. The summed E-state index contributed by atoms with van der Waals surface area (Å²) in [6.45, 7) is 0. The van der Waals surface area contributed by atoms with Gasteiger partial charge >= 0.3 is 0 Å². The van der Waals surface area contributed by atoms with Gasteiger partial charge in [0.15, 0.2) is 0 Å². The third kappa shape index (κ3) is 2.22. The molecule has 0 aromatic carbocycles. The van der Waals surface area contributed by atoms with E-state index in [1.54, 1.807) is 28.7 Å². The molecular formula is C2H2IN. The van der Waals surface area contributed by atoms with Crippen LogP contribution in [0.15, 0.2) is 0 Å². The molecule has 0 saturated carbocycles. The van der Waals surface area contributed by atoms with Crippen molar-refractivity contribution in [1.29, 1.82) is 5.26 Å². The molecule has 0 saturated heterocycles. The van der Waals surface area contributed by atoms with Gasteiger partial charge in [0.25, 0.3) is 0 Å². The minimum Gasteiger partial charge on any atom is -0.197 e.